The monoisotopic (exact) mass is 270 g/mol. The Morgan fingerprint density at radius 3 is 2.20 bits per heavy atom. The molecule has 6 heteroatoms. The molecule has 4 rings (SSSR count). The van der Waals surface area contributed by atoms with E-state index in [0.717, 1.165) is 23.2 Å². The summed E-state index contributed by atoms with van der Waals surface area (Å²) in [5, 5.41) is 0. The molecular formula is C14H8F2N4. The van der Waals surface area contributed by atoms with Crippen molar-refractivity contribution in [1.82, 2.24) is 19.9 Å². The molecule has 0 spiro atoms. The highest BCUT2D eigenvalue weighted by molar-refractivity contribution is 5.82. The Kier molecular flexibility index (Phi) is 2.14. The summed E-state index contributed by atoms with van der Waals surface area (Å²) in [5.41, 5.74) is 2.47. The molecule has 2 aromatic heterocycles. The Morgan fingerprint density at radius 2 is 1.40 bits per heavy atom. The Balaban J connectivity index is 1.93. The number of aromatic nitrogens is 4. The second kappa shape index (κ2) is 3.86. The second-order valence-corrected chi connectivity index (χ2v) is 4.47. The maximum absolute atomic E-state index is 13.2. The van der Waals surface area contributed by atoms with Crippen molar-refractivity contribution in [2.75, 3.05) is 0 Å². The smallest absolute Gasteiger partial charge is 0.174 e. The van der Waals surface area contributed by atoms with E-state index in [0.29, 0.717) is 22.7 Å². The summed E-state index contributed by atoms with van der Waals surface area (Å²) in [5.74, 6) is -0.845. The number of nitrogens with one attached hydrogen (secondary N) is 2. The van der Waals surface area contributed by atoms with Crippen LogP contribution in [-0.4, -0.2) is 19.9 Å². The van der Waals surface area contributed by atoms with E-state index in [4.69, 9.17) is 0 Å². The molecule has 0 saturated carbocycles. The van der Waals surface area contributed by atoms with E-state index in [1.54, 1.807) is 0 Å². The van der Waals surface area contributed by atoms with E-state index in [2.05, 4.69) is 19.9 Å². The van der Waals surface area contributed by atoms with Crippen molar-refractivity contribution in [3.8, 4) is 11.6 Å². The predicted octanol–water partition coefficient (Wildman–Crippen LogP) is 3.38. The zero-order chi connectivity index (χ0) is 13.7. The molecule has 0 amide bonds. The van der Waals surface area contributed by atoms with Gasteiger partial charge in [-0.3, -0.25) is 0 Å². The van der Waals surface area contributed by atoms with Gasteiger partial charge in [-0.1, -0.05) is 12.1 Å². The first kappa shape index (κ1) is 11.1. The molecule has 0 fully saturated rings. The molecule has 4 nitrogen and oxygen atoms in total. The van der Waals surface area contributed by atoms with E-state index in [1.807, 2.05) is 24.3 Å². The van der Waals surface area contributed by atoms with Crippen molar-refractivity contribution in [1.29, 1.82) is 0 Å². The molecule has 0 aliphatic rings. The molecule has 0 saturated heterocycles. The zero-order valence-electron chi connectivity index (χ0n) is 10.1. The Labute approximate surface area is 111 Å². The summed E-state index contributed by atoms with van der Waals surface area (Å²) in [4.78, 5) is 14.6. The normalized spacial score (nSPS) is 11.5. The number of para-hydroxylation sites is 2. The molecule has 20 heavy (non-hydrogen) atoms. The average molecular weight is 270 g/mol. The van der Waals surface area contributed by atoms with Crippen molar-refractivity contribution in [3.63, 3.8) is 0 Å². The molecule has 0 unspecified atom stereocenters. The quantitative estimate of drug-likeness (QED) is 0.557. The lowest BCUT2D eigenvalue weighted by molar-refractivity contribution is 0.510. The van der Waals surface area contributed by atoms with Gasteiger partial charge in [0, 0.05) is 12.1 Å². The van der Waals surface area contributed by atoms with Gasteiger partial charge in [0.15, 0.2) is 23.3 Å². The minimum Gasteiger partial charge on any atom is -0.335 e. The van der Waals surface area contributed by atoms with Crippen LogP contribution in [-0.2, 0) is 0 Å². The summed E-state index contributed by atoms with van der Waals surface area (Å²) >= 11 is 0. The molecule has 2 heterocycles. The van der Waals surface area contributed by atoms with Crippen LogP contribution < -0.4 is 0 Å². The van der Waals surface area contributed by atoms with Gasteiger partial charge in [-0.25, -0.2) is 18.7 Å². The molecule has 2 aromatic carbocycles. The van der Waals surface area contributed by atoms with Crippen LogP contribution in [0.5, 0.6) is 0 Å². The topological polar surface area (TPSA) is 57.4 Å². The molecule has 0 atom stereocenters. The molecule has 98 valence electrons. The molecule has 0 bridgehead atoms. The Morgan fingerprint density at radius 1 is 0.750 bits per heavy atom. The van der Waals surface area contributed by atoms with Crippen molar-refractivity contribution in [2.45, 2.75) is 0 Å². The first-order valence-electron chi connectivity index (χ1n) is 6.00. The minimum atomic E-state index is -0.917. The van der Waals surface area contributed by atoms with Crippen LogP contribution in [0.4, 0.5) is 8.78 Å². The number of halogens is 2. The average Bonchev–Trinajstić information content (AvgIpc) is 3.02. The van der Waals surface area contributed by atoms with Crippen molar-refractivity contribution >= 4 is 22.1 Å². The third-order valence-electron chi connectivity index (χ3n) is 3.14. The number of H-pyrrole nitrogens is 2. The predicted molar refractivity (Wildman–Crippen MR) is 71.1 cm³/mol. The third kappa shape index (κ3) is 1.58. The van der Waals surface area contributed by atoms with Gasteiger partial charge in [-0.05, 0) is 12.1 Å². The molecule has 0 aliphatic carbocycles. The lowest BCUT2D eigenvalue weighted by Crippen LogP contribution is -1.82. The van der Waals surface area contributed by atoms with Gasteiger partial charge >= 0.3 is 0 Å². The molecule has 2 N–H and O–H groups in total. The van der Waals surface area contributed by atoms with Gasteiger partial charge in [0.05, 0.1) is 22.1 Å². The SMILES string of the molecule is Fc1cc2nc(-c3nc4ccccc4[nH]3)[nH]c2cc1F. The second-order valence-electron chi connectivity index (χ2n) is 4.47. The van der Waals surface area contributed by atoms with Gasteiger partial charge in [0.1, 0.15) is 0 Å². The van der Waals surface area contributed by atoms with Gasteiger partial charge in [-0.15, -0.1) is 0 Å². The summed E-state index contributed by atoms with van der Waals surface area (Å²) in [6.45, 7) is 0. The summed E-state index contributed by atoms with van der Waals surface area (Å²) < 4.78 is 26.4. The van der Waals surface area contributed by atoms with E-state index in [1.165, 1.54) is 0 Å². The maximum atomic E-state index is 13.2. The maximum Gasteiger partial charge on any atom is 0.174 e. The molecule has 4 aromatic rings. The first-order valence-corrected chi connectivity index (χ1v) is 6.00. The van der Waals surface area contributed by atoms with Crippen LogP contribution in [0.1, 0.15) is 0 Å². The highest BCUT2D eigenvalue weighted by atomic mass is 19.2. The van der Waals surface area contributed by atoms with Crippen LogP contribution in [0, 0.1) is 11.6 Å². The molecule has 0 radical (unpaired) electrons. The summed E-state index contributed by atoms with van der Waals surface area (Å²) in [7, 11) is 0. The molecular weight excluding hydrogens is 262 g/mol. The molecule has 0 aliphatic heterocycles. The number of hydrogen-bond acceptors (Lipinski definition) is 2. The van der Waals surface area contributed by atoms with E-state index < -0.39 is 11.6 Å². The van der Waals surface area contributed by atoms with Crippen molar-refractivity contribution in [2.24, 2.45) is 0 Å². The number of benzene rings is 2. The zero-order valence-corrected chi connectivity index (χ0v) is 10.1. The fourth-order valence-corrected chi connectivity index (χ4v) is 2.18. The number of hydrogen-bond donors (Lipinski definition) is 2. The third-order valence-corrected chi connectivity index (χ3v) is 3.14. The minimum absolute atomic E-state index is 0.361. The van der Waals surface area contributed by atoms with Crippen LogP contribution in [0.15, 0.2) is 36.4 Å². The van der Waals surface area contributed by atoms with Gasteiger partial charge < -0.3 is 9.97 Å². The number of imidazole rings is 2. The van der Waals surface area contributed by atoms with Gasteiger partial charge in [-0.2, -0.15) is 0 Å². The van der Waals surface area contributed by atoms with Crippen LogP contribution >= 0.6 is 0 Å². The Hall–Kier alpha value is -2.76. The summed E-state index contributed by atoms with van der Waals surface area (Å²) in [6, 6.07) is 9.70. The summed E-state index contributed by atoms with van der Waals surface area (Å²) in [6.07, 6.45) is 0. The fourth-order valence-electron chi connectivity index (χ4n) is 2.18. The van der Waals surface area contributed by atoms with E-state index >= 15 is 0 Å². The van der Waals surface area contributed by atoms with Crippen LogP contribution in [0.2, 0.25) is 0 Å². The van der Waals surface area contributed by atoms with Crippen LogP contribution in [0.3, 0.4) is 0 Å². The number of rotatable bonds is 1. The number of nitrogens with zero attached hydrogens (tertiary/aromatic N) is 2. The van der Waals surface area contributed by atoms with Crippen molar-refractivity contribution < 1.29 is 8.78 Å². The number of fused-ring (bicyclic) bond motifs is 2. The van der Waals surface area contributed by atoms with Gasteiger partial charge in [0.25, 0.3) is 0 Å². The standard InChI is InChI=1S/C14H8F2N4/c15-7-5-11-12(6-8(7)16)20-14(19-11)13-17-9-3-1-2-4-10(9)18-13/h1-6H,(H,17,18)(H,19,20). The largest absolute Gasteiger partial charge is 0.335 e. The number of aromatic amines is 2. The highest BCUT2D eigenvalue weighted by Crippen LogP contribution is 2.22. The van der Waals surface area contributed by atoms with Crippen LogP contribution in [0.25, 0.3) is 33.7 Å². The fraction of sp³-hybridized carbons (Fsp3) is 0. The van der Waals surface area contributed by atoms with Gasteiger partial charge in [0.2, 0.25) is 0 Å². The first-order chi connectivity index (χ1) is 9.70. The van der Waals surface area contributed by atoms with Crippen molar-refractivity contribution in [3.05, 3.63) is 48.0 Å². The lowest BCUT2D eigenvalue weighted by atomic mass is 10.3. The van der Waals surface area contributed by atoms with E-state index in [-0.39, 0.29) is 0 Å². The lowest BCUT2D eigenvalue weighted by Gasteiger charge is -1.90. The highest BCUT2D eigenvalue weighted by Gasteiger charge is 2.12. The van der Waals surface area contributed by atoms with E-state index in [9.17, 15) is 8.78 Å². The Bertz CT molecular complexity index is 867.